The van der Waals surface area contributed by atoms with E-state index in [0.717, 1.165) is 38.5 Å². The molecule has 3 fully saturated rings. The summed E-state index contributed by atoms with van der Waals surface area (Å²) in [7, 11) is 0. The molecule has 240 valence electrons. The summed E-state index contributed by atoms with van der Waals surface area (Å²) in [4.78, 5) is 16.5. The molecule has 0 spiro atoms. The van der Waals surface area contributed by atoms with Gasteiger partial charge in [-0.05, 0) is 108 Å². The third kappa shape index (κ3) is 3.69. The number of rotatable bonds is 2. The average Bonchev–Trinajstić information content (AvgIpc) is 3.56. The molecule has 2 heterocycles. The lowest BCUT2D eigenvalue weighted by atomic mass is 9.33. The monoisotopic (exact) mass is 608 g/mol. The number of nitrogens with zero attached hydrogens (tertiary/aromatic N) is 1. The highest BCUT2D eigenvalue weighted by Gasteiger charge is 2.68. The van der Waals surface area contributed by atoms with Crippen molar-refractivity contribution < 1.29 is 9.90 Å². The van der Waals surface area contributed by atoms with Gasteiger partial charge in [0, 0.05) is 39.3 Å². The van der Waals surface area contributed by atoms with Crippen LogP contribution in [-0.2, 0) is 16.6 Å². The van der Waals surface area contributed by atoms with E-state index in [0.29, 0.717) is 23.6 Å². The van der Waals surface area contributed by atoms with Gasteiger partial charge in [-0.1, -0.05) is 72.2 Å². The zero-order chi connectivity index (χ0) is 31.9. The Bertz CT molecular complexity index is 1760. The van der Waals surface area contributed by atoms with Gasteiger partial charge in [-0.3, -0.25) is 9.89 Å². The number of benzene rings is 1. The molecule has 1 aromatic carbocycles. The highest BCUT2D eigenvalue weighted by molar-refractivity contribution is 5.94. The number of hydrogen-bond acceptors (Lipinski definition) is 3. The van der Waals surface area contributed by atoms with Crippen LogP contribution in [0.2, 0.25) is 0 Å². The summed E-state index contributed by atoms with van der Waals surface area (Å²) in [6.07, 6.45) is 10.6. The number of carboxylic acid groups (broad SMARTS) is 1. The van der Waals surface area contributed by atoms with Crippen molar-refractivity contribution in [3.05, 3.63) is 52.9 Å². The van der Waals surface area contributed by atoms with E-state index in [4.69, 9.17) is 5.73 Å². The molecule has 8 atom stereocenters. The number of nitrogen functional groups attached to an aromatic ring is 1. The lowest BCUT2D eigenvalue weighted by Crippen LogP contribution is -2.64. The van der Waals surface area contributed by atoms with E-state index >= 15 is 0 Å². The summed E-state index contributed by atoms with van der Waals surface area (Å²) in [5, 5.41) is 19.8. The fraction of sp³-hybridized carbons (Fsp3) is 0.641. The van der Waals surface area contributed by atoms with Crippen molar-refractivity contribution in [2.75, 3.05) is 5.73 Å². The fourth-order valence-corrected chi connectivity index (χ4v) is 13.0. The van der Waals surface area contributed by atoms with Gasteiger partial charge in [0.05, 0.1) is 5.92 Å². The van der Waals surface area contributed by atoms with Crippen LogP contribution in [0, 0.1) is 51.2 Å². The number of aliphatic carboxylic acids is 1. The van der Waals surface area contributed by atoms with E-state index in [1.54, 1.807) is 5.57 Å². The highest BCUT2D eigenvalue weighted by Crippen LogP contribution is 2.76. The molecule has 6 nitrogen and oxygen atoms in total. The number of allylic oxidation sites excluding steroid dienone is 2. The summed E-state index contributed by atoms with van der Waals surface area (Å²) in [6, 6.07) is 8.74. The lowest BCUT2D eigenvalue weighted by molar-refractivity contribution is -0.161. The van der Waals surface area contributed by atoms with Gasteiger partial charge in [0.15, 0.2) is 0 Å². The standard InChI is InChI=1S/C39H52N4O2/c1-35(2)17-24-21(25(18-35)34(44)45)12-14-39(7)31(24)23(27-20-41-28-11-9-8-10-22(27)28)16-30-37(5)19-26-32(42-43-33(26)40)36(3,4)29(37)13-15-38(30,39)6/h8-11,20-21,24-25,29-30,41H,12-19H2,1-7H3,(H,44,45)(H3,40,42,43)/t21?,24?,25-,29?,30?,37?,38?,39?/m1/s1. The number of carbonyl (C=O) groups is 1. The summed E-state index contributed by atoms with van der Waals surface area (Å²) in [6.45, 7) is 17.3. The van der Waals surface area contributed by atoms with Gasteiger partial charge >= 0.3 is 5.97 Å². The van der Waals surface area contributed by atoms with Crippen LogP contribution in [0.5, 0.6) is 0 Å². The fourth-order valence-electron chi connectivity index (χ4n) is 13.0. The van der Waals surface area contributed by atoms with Gasteiger partial charge in [0.1, 0.15) is 5.82 Å². The Morgan fingerprint density at radius 2 is 1.76 bits per heavy atom. The topological polar surface area (TPSA) is 108 Å². The van der Waals surface area contributed by atoms with Crippen LogP contribution in [0.1, 0.15) is 110 Å². The van der Waals surface area contributed by atoms with Crippen molar-refractivity contribution in [3.63, 3.8) is 0 Å². The molecule has 3 saturated carbocycles. The van der Waals surface area contributed by atoms with Gasteiger partial charge in [-0.2, -0.15) is 5.10 Å². The largest absolute Gasteiger partial charge is 0.481 e. The molecule has 6 heteroatoms. The Labute approximate surface area is 268 Å². The van der Waals surface area contributed by atoms with E-state index in [9.17, 15) is 9.90 Å². The molecule has 45 heavy (non-hydrogen) atoms. The quantitative estimate of drug-likeness (QED) is 0.233. The van der Waals surface area contributed by atoms with Crippen LogP contribution in [0.3, 0.4) is 0 Å². The number of aromatic nitrogens is 3. The summed E-state index contributed by atoms with van der Waals surface area (Å²) in [5.41, 5.74) is 14.8. The first-order valence-corrected chi connectivity index (χ1v) is 17.5. The number of para-hydroxylation sites is 1. The second-order valence-corrected chi connectivity index (χ2v) is 17.9. The molecule has 8 rings (SSSR count). The van der Waals surface area contributed by atoms with Crippen molar-refractivity contribution in [3.8, 4) is 0 Å². The Hall–Kier alpha value is -3.02. The zero-order valence-electron chi connectivity index (χ0n) is 28.3. The number of anilines is 1. The predicted octanol–water partition coefficient (Wildman–Crippen LogP) is 8.76. The summed E-state index contributed by atoms with van der Waals surface area (Å²) in [5.74, 6) is 1.27. The SMILES string of the molecule is CC1(C)CC2C3=C(c4c[nH]c5ccccc45)CC4C5(C)Cc6c(N)n[nH]c6C(C)(C)C5CCC4(C)C3(C)CCC2[C@H](C(=O)O)C1. The Morgan fingerprint density at radius 3 is 2.51 bits per heavy atom. The Balaban J connectivity index is 1.38. The second-order valence-electron chi connectivity index (χ2n) is 17.9. The van der Waals surface area contributed by atoms with Crippen LogP contribution in [0.15, 0.2) is 36.0 Å². The maximum Gasteiger partial charge on any atom is 0.306 e. The zero-order valence-corrected chi connectivity index (χ0v) is 28.3. The third-order valence-corrected chi connectivity index (χ3v) is 15.0. The number of nitrogens with two attached hydrogens (primary N) is 1. The Kier molecular flexibility index (Phi) is 5.92. The first-order chi connectivity index (χ1) is 21.1. The van der Waals surface area contributed by atoms with Crippen molar-refractivity contribution >= 4 is 28.3 Å². The molecule has 5 aliphatic carbocycles. The van der Waals surface area contributed by atoms with E-state index in [1.165, 1.54) is 46.1 Å². The second kappa shape index (κ2) is 9.07. The minimum absolute atomic E-state index is 0.00913. The van der Waals surface area contributed by atoms with E-state index in [-0.39, 0.29) is 38.9 Å². The van der Waals surface area contributed by atoms with Gasteiger partial charge in [-0.15, -0.1) is 0 Å². The Morgan fingerprint density at radius 1 is 1.00 bits per heavy atom. The minimum atomic E-state index is -0.596. The van der Waals surface area contributed by atoms with Gasteiger partial charge < -0.3 is 15.8 Å². The molecule has 3 aromatic rings. The molecular weight excluding hydrogens is 556 g/mol. The first-order valence-electron chi connectivity index (χ1n) is 17.5. The van der Waals surface area contributed by atoms with Crippen LogP contribution >= 0.6 is 0 Å². The molecule has 7 unspecified atom stereocenters. The molecule has 0 aliphatic heterocycles. The van der Waals surface area contributed by atoms with Crippen molar-refractivity contribution in [1.82, 2.24) is 15.2 Å². The number of hydrogen-bond donors (Lipinski definition) is 4. The van der Waals surface area contributed by atoms with Gasteiger partial charge in [0.25, 0.3) is 0 Å². The van der Waals surface area contributed by atoms with Crippen LogP contribution in [0.4, 0.5) is 5.82 Å². The maximum absolute atomic E-state index is 12.8. The van der Waals surface area contributed by atoms with Gasteiger partial charge in [-0.25, -0.2) is 0 Å². The lowest BCUT2D eigenvalue weighted by Gasteiger charge is -2.70. The highest BCUT2D eigenvalue weighted by atomic mass is 16.4. The van der Waals surface area contributed by atoms with Crippen molar-refractivity contribution in [1.29, 1.82) is 0 Å². The maximum atomic E-state index is 12.8. The van der Waals surface area contributed by atoms with Crippen LogP contribution in [0.25, 0.3) is 16.5 Å². The number of aromatic amines is 2. The average molecular weight is 609 g/mol. The number of nitrogens with one attached hydrogen (secondary N) is 2. The van der Waals surface area contributed by atoms with E-state index < -0.39 is 5.97 Å². The normalized spacial score (nSPS) is 39.8. The molecule has 0 radical (unpaired) electrons. The molecule has 0 saturated heterocycles. The summed E-state index contributed by atoms with van der Waals surface area (Å²) < 4.78 is 0. The smallest absolute Gasteiger partial charge is 0.306 e. The molecule has 0 bridgehead atoms. The minimum Gasteiger partial charge on any atom is -0.481 e. The summed E-state index contributed by atoms with van der Waals surface area (Å²) >= 11 is 0. The van der Waals surface area contributed by atoms with Crippen LogP contribution < -0.4 is 5.73 Å². The van der Waals surface area contributed by atoms with E-state index in [1.807, 2.05) is 0 Å². The molecule has 0 amide bonds. The van der Waals surface area contributed by atoms with E-state index in [2.05, 4.69) is 94.1 Å². The van der Waals surface area contributed by atoms with Gasteiger partial charge in [0.2, 0.25) is 0 Å². The molecular formula is C39H52N4O2. The molecule has 2 aromatic heterocycles. The first kappa shape index (κ1) is 29.4. The molecule has 5 N–H and O–H groups in total. The van der Waals surface area contributed by atoms with Crippen molar-refractivity contribution in [2.45, 2.75) is 105 Å². The predicted molar refractivity (Wildman–Crippen MR) is 180 cm³/mol. The molecule has 5 aliphatic rings. The number of fused-ring (bicyclic) bond motifs is 9. The number of H-pyrrole nitrogens is 2. The third-order valence-electron chi connectivity index (χ3n) is 15.0. The van der Waals surface area contributed by atoms with Crippen molar-refractivity contribution in [2.24, 2.45) is 51.2 Å². The number of carboxylic acids is 1. The van der Waals surface area contributed by atoms with Crippen LogP contribution in [-0.4, -0.2) is 26.3 Å².